The fraction of sp³-hybridized carbons (Fsp3) is 0.0833. The molecule has 2 atom stereocenters. The Hall–Kier alpha value is -3.98. The second-order valence-electron chi connectivity index (χ2n) is 7.65. The summed E-state index contributed by atoms with van der Waals surface area (Å²) < 4.78 is 14.8. The Bertz CT molecular complexity index is 1480. The van der Waals surface area contributed by atoms with E-state index in [1.807, 2.05) is 48.5 Å². The summed E-state index contributed by atoms with van der Waals surface area (Å²) in [4.78, 5) is 22.7. The lowest BCUT2D eigenvalue weighted by molar-refractivity contribution is 0.611. The van der Waals surface area contributed by atoms with Crippen LogP contribution in [0.15, 0.2) is 93.8 Å². The molecule has 33 heavy (non-hydrogen) atoms. The Balaban J connectivity index is 1.36. The number of nitrogens with zero attached hydrogens (tertiary/aromatic N) is 4. The van der Waals surface area contributed by atoms with Crippen LogP contribution < -0.4 is 16.4 Å². The monoisotopic (exact) mass is 456 g/mol. The van der Waals surface area contributed by atoms with Crippen LogP contribution in [0.4, 0.5) is 4.39 Å². The molecule has 2 aliphatic heterocycles. The molecule has 0 bridgehead atoms. The van der Waals surface area contributed by atoms with Gasteiger partial charge in [-0.3, -0.25) is 15.6 Å². The number of amidine groups is 2. The lowest BCUT2D eigenvalue weighted by Gasteiger charge is -2.18. The molecule has 0 saturated heterocycles. The van der Waals surface area contributed by atoms with Crippen LogP contribution in [-0.2, 0) is 0 Å². The summed E-state index contributed by atoms with van der Waals surface area (Å²) in [6.45, 7) is 0. The average molecular weight is 457 g/mol. The van der Waals surface area contributed by atoms with Crippen LogP contribution in [0.2, 0.25) is 0 Å². The fourth-order valence-electron chi connectivity index (χ4n) is 3.96. The molecule has 162 valence electrons. The molecule has 4 aromatic rings. The molecule has 0 aliphatic carbocycles. The van der Waals surface area contributed by atoms with E-state index in [4.69, 9.17) is 4.98 Å². The number of hydrogen-bond donors (Lipinski definition) is 2. The molecule has 0 saturated carbocycles. The third-order valence-electron chi connectivity index (χ3n) is 5.57. The van der Waals surface area contributed by atoms with Crippen LogP contribution in [0.1, 0.15) is 11.6 Å². The van der Waals surface area contributed by atoms with Gasteiger partial charge < -0.3 is 0 Å². The second-order valence-corrected chi connectivity index (χ2v) is 8.78. The van der Waals surface area contributed by atoms with Crippen LogP contribution in [-0.4, -0.2) is 25.9 Å². The van der Waals surface area contributed by atoms with Gasteiger partial charge in [0, 0.05) is 5.56 Å². The molecule has 3 aromatic carbocycles. The highest BCUT2D eigenvalue weighted by molar-refractivity contribution is 8.15. The first kappa shape index (κ1) is 19.7. The van der Waals surface area contributed by atoms with Crippen molar-refractivity contribution in [3.63, 3.8) is 0 Å². The smallest absolute Gasteiger partial charge is 0.280 e. The summed E-state index contributed by atoms with van der Waals surface area (Å²) >= 11 is 1.47. The topological polar surface area (TPSA) is 83.7 Å². The number of benzene rings is 3. The number of thioether (sulfide) groups is 1. The van der Waals surface area contributed by atoms with Crippen LogP contribution in [0.3, 0.4) is 0 Å². The van der Waals surface area contributed by atoms with Crippen LogP contribution in [0, 0.1) is 5.82 Å². The molecule has 2 aliphatic rings. The van der Waals surface area contributed by atoms with Gasteiger partial charge in [-0.05, 0) is 29.8 Å². The molecular formula is C24H17FN6OS. The normalized spacial score (nSPS) is 19.1. The van der Waals surface area contributed by atoms with Crippen LogP contribution >= 0.6 is 11.8 Å². The number of hydrazone groups is 1. The second kappa shape index (κ2) is 7.86. The summed E-state index contributed by atoms with van der Waals surface area (Å²) in [5.41, 5.74) is 8.38. The van der Waals surface area contributed by atoms with Gasteiger partial charge in [-0.15, -0.1) is 0 Å². The van der Waals surface area contributed by atoms with Crippen molar-refractivity contribution < 1.29 is 4.39 Å². The minimum absolute atomic E-state index is 0.0951. The zero-order valence-corrected chi connectivity index (χ0v) is 18.0. The first-order chi connectivity index (χ1) is 16.2. The first-order valence-electron chi connectivity index (χ1n) is 10.4. The Labute approximate surface area is 192 Å². The number of para-hydroxylation sites is 1. The molecule has 6 rings (SSSR count). The molecule has 0 amide bonds. The van der Waals surface area contributed by atoms with Gasteiger partial charge in [0.25, 0.3) is 5.56 Å². The van der Waals surface area contributed by atoms with E-state index < -0.39 is 0 Å². The van der Waals surface area contributed by atoms with Crippen LogP contribution in [0.5, 0.6) is 0 Å². The van der Waals surface area contributed by atoms with E-state index in [2.05, 4.69) is 20.9 Å². The molecule has 0 fully saturated rings. The number of aliphatic imine (C=N–C) groups is 1. The molecular weight excluding hydrogens is 439 g/mol. The molecule has 2 unspecified atom stereocenters. The third-order valence-corrected chi connectivity index (χ3v) is 6.72. The van der Waals surface area contributed by atoms with Crippen molar-refractivity contribution in [1.29, 1.82) is 0 Å². The van der Waals surface area contributed by atoms with Crippen molar-refractivity contribution in [3.05, 3.63) is 101 Å². The van der Waals surface area contributed by atoms with E-state index in [1.165, 1.54) is 28.6 Å². The zero-order chi connectivity index (χ0) is 22.4. The molecule has 3 heterocycles. The lowest BCUT2D eigenvalue weighted by atomic mass is 10.0. The average Bonchev–Trinajstić information content (AvgIpc) is 3.42. The van der Waals surface area contributed by atoms with E-state index in [0.717, 1.165) is 11.1 Å². The largest absolute Gasteiger partial charge is 0.299 e. The first-order valence-corrected chi connectivity index (χ1v) is 11.2. The number of aromatic nitrogens is 2. The highest BCUT2D eigenvalue weighted by Crippen LogP contribution is 2.36. The van der Waals surface area contributed by atoms with Gasteiger partial charge in [0.15, 0.2) is 16.8 Å². The van der Waals surface area contributed by atoms with Gasteiger partial charge in [0.1, 0.15) is 11.1 Å². The van der Waals surface area contributed by atoms with Crippen LogP contribution in [0.25, 0.3) is 22.3 Å². The minimum Gasteiger partial charge on any atom is -0.299 e. The predicted molar refractivity (Wildman–Crippen MR) is 129 cm³/mol. The van der Waals surface area contributed by atoms with Crippen molar-refractivity contribution in [2.24, 2.45) is 10.1 Å². The minimum atomic E-state index is -0.285. The Kier molecular flexibility index (Phi) is 4.69. The van der Waals surface area contributed by atoms with Crippen molar-refractivity contribution >= 4 is 33.7 Å². The number of halogens is 1. The van der Waals surface area contributed by atoms with E-state index >= 15 is 0 Å². The van der Waals surface area contributed by atoms with Gasteiger partial charge in [-0.2, -0.15) is 9.78 Å². The van der Waals surface area contributed by atoms with E-state index in [1.54, 1.807) is 18.2 Å². The molecule has 9 heteroatoms. The highest BCUT2D eigenvalue weighted by Gasteiger charge is 2.39. The molecule has 0 spiro atoms. The fourth-order valence-corrected chi connectivity index (χ4v) is 5.06. The summed E-state index contributed by atoms with van der Waals surface area (Å²) in [5, 5.41) is 5.31. The Morgan fingerprint density at radius 2 is 1.73 bits per heavy atom. The van der Waals surface area contributed by atoms with Gasteiger partial charge in [-0.1, -0.05) is 66.4 Å². The SMILES string of the molecule is O=c1c2ccccc2nc(-c2ccccc2)n1NC1=NC2=NNC(c3ccc(F)cc3)C2S1. The van der Waals surface area contributed by atoms with Gasteiger partial charge in [0.2, 0.25) is 0 Å². The molecule has 0 radical (unpaired) electrons. The van der Waals surface area contributed by atoms with Crippen molar-refractivity contribution in [2.45, 2.75) is 11.3 Å². The van der Waals surface area contributed by atoms with E-state index in [9.17, 15) is 9.18 Å². The maximum atomic E-state index is 13.4. The Morgan fingerprint density at radius 3 is 2.55 bits per heavy atom. The van der Waals surface area contributed by atoms with E-state index in [-0.39, 0.29) is 22.7 Å². The molecule has 2 N–H and O–H groups in total. The summed E-state index contributed by atoms with van der Waals surface area (Å²) in [6.07, 6.45) is 0. The third kappa shape index (κ3) is 3.46. The molecule has 1 aromatic heterocycles. The van der Waals surface area contributed by atoms with Crippen molar-refractivity contribution in [3.8, 4) is 11.4 Å². The number of hydrogen-bond acceptors (Lipinski definition) is 7. The Morgan fingerprint density at radius 1 is 0.970 bits per heavy atom. The van der Waals surface area contributed by atoms with Crippen molar-refractivity contribution in [1.82, 2.24) is 15.1 Å². The van der Waals surface area contributed by atoms with Crippen molar-refractivity contribution in [2.75, 3.05) is 5.43 Å². The maximum absolute atomic E-state index is 13.4. The summed E-state index contributed by atoms with van der Waals surface area (Å²) in [5.74, 6) is 0.835. The van der Waals surface area contributed by atoms with Gasteiger partial charge in [0.05, 0.1) is 16.9 Å². The number of nitrogens with one attached hydrogen (secondary N) is 2. The van der Waals surface area contributed by atoms with Gasteiger partial charge >= 0.3 is 0 Å². The predicted octanol–water partition coefficient (Wildman–Crippen LogP) is 3.88. The number of fused-ring (bicyclic) bond motifs is 2. The lowest BCUT2D eigenvalue weighted by Crippen LogP contribution is -2.34. The highest BCUT2D eigenvalue weighted by atomic mass is 32.2. The standard InChI is InChI=1S/C24H17FN6OS/c25-16-12-10-14(11-13-16)19-20-21(29-28-19)27-24(33-20)30-31-22(15-6-2-1-3-7-15)26-18-9-5-4-8-17(18)23(31)32/h1-13,19-20,28H,(H,27,29,30). The maximum Gasteiger partial charge on any atom is 0.280 e. The summed E-state index contributed by atoms with van der Waals surface area (Å²) in [7, 11) is 0. The quantitative estimate of drug-likeness (QED) is 0.489. The van der Waals surface area contributed by atoms with Gasteiger partial charge in [-0.25, -0.2) is 14.4 Å². The zero-order valence-electron chi connectivity index (χ0n) is 17.1. The van der Waals surface area contributed by atoms with E-state index in [0.29, 0.717) is 27.7 Å². The molecule has 7 nitrogen and oxygen atoms in total. The number of rotatable bonds is 3. The summed E-state index contributed by atoms with van der Waals surface area (Å²) in [6, 6.07) is 23.0.